The number of aliphatic hydroxyl groups is 1. The van der Waals surface area contributed by atoms with Gasteiger partial charge in [-0.3, -0.25) is 10.00 Å². The number of aliphatic hydroxyl groups excluding tert-OH is 1. The number of urea groups is 1. The molecule has 28 heavy (non-hydrogen) atoms. The third-order valence-corrected chi connectivity index (χ3v) is 5.89. The Morgan fingerprint density at radius 1 is 1.25 bits per heavy atom. The number of hydrogen-bond donors (Lipinski definition) is 3. The highest BCUT2D eigenvalue weighted by molar-refractivity contribution is 6.33. The van der Waals surface area contributed by atoms with Crippen LogP contribution in [0.3, 0.4) is 0 Å². The summed E-state index contributed by atoms with van der Waals surface area (Å²) in [6.07, 6.45) is 7.09. The summed E-state index contributed by atoms with van der Waals surface area (Å²) >= 11 is 6.41. The topological polar surface area (TPSA) is 92.1 Å². The van der Waals surface area contributed by atoms with Gasteiger partial charge in [-0.2, -0.15) is 5.10 Å². The van der Waals surface area contributed by atoms with E-state index in [0.29, 0.717) is 10.8 Å². The van der Waals surface area contributed by atoms with Gasteiger partial charge < -0.3 is 10.4 Å². The van der Waals surface area contributed by atoms with Crippen LogP contribution >= 0.6 is 11.6 Å². The zero-order chi connectivity index (χ0) is 19.9. The number of amides is 2. The van der Waals surface area contributed by atoms with E-state index in [1.807, 2.05) is 10.9 Å². The van der Waals surface area contributed by atoms with Crippen LogP contribution in [0.5, 0.6) is 0 Å². The molecule has 8 heteroatoms. The van der Waals surface area contributed by atoms with Gasteiger partial charge in [-0.15, -0.1) is 0 Å². The van der Waals surface area contributed by atoms with Gasteiger partial charge in [0.2, 0.25) is 0 Å². The van der Waals surface area contributed by atoms with Gasteiger partial charge in [0.1, 0.15) is 5.82 Å². The van der Waals surface area contributed by atoms with Crippen molar-refractivity contribution in [1.82, 2.24) is 20.1 Å². The molecule has 2 aliphatic rings. The van der Waals surface area contributed by atoms with E-state index in [9.17, 15) is 9.90 Å². The van der Waals surface area contributed by atoms with E-state index in [-0.39, 0.29) is 23.6 Å². The number of pyridine rings is 1. The third-order valence-electron chi connectivity index (χ3n) is 5.59. The van der Waals surface area contributed by atoms with Gasteiger partial charge in [-0.1, -0.05) is 25.4 Å². The van der Waals surface area contributed by atoms with Gasteiger partial charge in [0.25, 0.3) is 0 Å². The first kappa shape index (κ1) is 19.2. The summed E-state index contributed by atoms with van der Waals surface area (Å²) in [5, 5.41) is 20.4. The molecule has 2 aromatic heterocycles. The lowest BCUT2D eigenvalue weighted by Gasteiger charge is -2.26. The van der Waals surface area contributed by atoms with Crippen molar-refractivity contribution in [1.29, 1.82) is 0 Å². The molecule has 0 unspecified atom stereocenters. The van der Waals surface area contributed by atoms with E-state index in [4.69, 9.17) is 11.6 Å². The maximum atomic E-state index is 12.3. The van der Waals surface area contributed by atoms with E-state index in [0.717, 1.165) is 55.5 Å². The van der Waals surface area contributed by atoms with E-state index < -0.39 is 0 Å². The standard InChI is InChI=1S/C20H26ClN5O2/c1-20(2)8-17-15(9-23-26(17)11-20)14-7-18(22-10-16(14)21)25-19(28)24-12-3-5-13(27)6-4-12/h7,9-10,12-13,27H,3-6,8,11H2,1-2H3,(H2,22,24,25,28). The van der Waals surface area contributed by atoms with Gasteiger partial charge >= 0.3 is 6.03 Å². The molecule has 1 aliphatic carbocycles. The molecule has 3 N–H and O–H groups in total. The van der Waals surface area contributed by atoms with Crippen molar-refractivity contribution in [2.45, 2.75) is 64.6 Å². The second-order valence-electron chi connectivity index (χ2n) is 8.66. The first-order chi connectivity index (χ1) is 13.3. The minimum Gasteiger partial charge on any atom is -0.393 e. The zero-order valence-electron chi connectivity index (χ0n) is 16.2. The fourth-order valence-electron chi connectivity index (χ4n) is 4.14. The number of nitrogens with zero attached hydrogens (tertiary/aromatic N) is 3. The number of nitrogens with one attached hydrogen (secondary N) is 2. The van der Waals surface area contributed by atoms with Crippen LogP contribution in [-0.2, 0) is 13.0 Å². The SMILES string of the molecule is CC1(C)Cc2c(-c3cc(NC(=O)NC4CCC(O)CC4)ncc3Cl)cnn2C1. The van der Waals surface area contributed by atoms with Gasteiger partial charge in [0.15, 0.2) is 0 Å². The summed E-state index contributed by atoms with van der Waals surface area (Å²) in [5.74, 6) is 0.449. The molecule has 150 valence electrons. The molecule has 2 aromatic rings. The Hall–Kier alpha value is -2.12. The Kier molecular flexibility index (Phi) is 5.05. The van der Waals surface area contributed by atoms with Crippen molar-refractivity contribution < 1.29 is 9.90 Å². The van der Waals surface area contributed by atoms with Crippen LogP contribution in [0.4, 0.5) is 10.6 Å². The summed E-state index contributed by atoms with van der Waals surface area (Å²) in [6, 6.07) is 1.59. The molecule has 7 nitrogen and oxygen atoms in total. The summed E-state index contributed by atoms with van der Waals surface area (Å²) in [6.45, 7) is 5.33. The summed E-state index contributed by atoms with van der Waals surface area (Å²) < 4.78 is 2.03. The van der Waals surface area contributed by atoms with Gasteiger partial charge in [-0.25, -0.2) is 9.78 Å². The zero-order valence-corrected chi connectivity index (χ0v) is 17.0. The normalized spacial score (nSPS) is 23.3. The fourth-order valence-corrected chi connectivity index (χ4v) is 4.35. The van der Waals surface area contributed by atoms with Crippen LogP contribution in [-0.4, -0.2) is 38.0 Å². The Morgan fingerprint density at radius 2 is 2.00 bits per heavy atom. The molecule has 0 atom stereocenters. The quantitative estimate of drug-likeness (QED) is 0.730. The van der Waals surface area contributed by atoms with Crippen molar-refractivity contribution in [3.8, 4) is 11.1 Å². The maximum absolute atomic E-state index is 12.3. The molecule has 1 saturated carbocycles. The predicted molar refractivity (Wildman–Crippen MR) is 108 cm³/mol. The number of rotatable bonds is 3. The lowest BCUT2D eigenvalue weighted by atomic mass is 9.89. The molecule has 0 spiro atoms. The minimum absolute atomic E-state index is 0.0799. The van der Waals surface area contributed by atoms with E-state index in [2.05, 4.69) is 34.6 Å². The second kappa shape index (κ2) is 7.37. The molecule has 2 amide bonds. The largest absolute Gasteiger partial charge is 0.393 e. The van der Waals surface area contributed by atoms with Gasteiger partial charge in [0.05, 0.1) is 17.3 Å². The van der Waals surface area contributed by atoms with Crippen LogP contribution in [0.2, 0.25) is 5.02 Å². The van der Waals surface area contributed by atoms with Crippen LogP contribution in [0.15, 0.2) is 18.5 Å². The number of aromatic nitrogens is 3. The Balaban J connectivity index is 1.49. The van der Waals surface area contributed by atoms with Crippen molar-refractivity contribution in [2.24, 2.45) is 5.41 Å². The summed E-state index contributed by atoms with van der Waals surface area (Å²) in [5.41, 5.74) is 3.15. The average Bonchev–Trinajstić information content (AvgIpc) is 3.13. The molecule has 0 saturated heterocycles. The molecule has 4 rings (SSSR count). The number of fused-ring (bicyclic) bond motifs is 1. The fraction of sp³-hybridized carbons (Fsp3) is 0.550. The molecular formula is C20H26ClN5O2. The summed E-state index contributed by atoms with van der Waals surface area (Å²) in [4.78, 5) is 16.6. The number of anilines is 1. The highest BCUT2D eigenvalue weighted by atomic mass is 35.5. The van der Waals surface area contributed by atoms with E-state index in [1.54, 1.807) is 12.3 Å². The van der Waals surface area contributed by atoms with E-state index in [1.165, 1.54) is 0 Å². The monoisotopic (exact) mass is 403 g/mol. The predicted octanol–water partition coefficient (Wildman–Crippen LogP) is 3.61. The third kappa shape index (κ3) is 4.00. The van der Waals surface area contributed by atoms with Crippen LogP contribution in [0, 0.1) is 5.41 Å². The van der Waals surface area contributed by atoms with E-state index >= 15 is 0 Å². The molecular weight excluding hydrogens is 378 g/mol. The van der Waals surface area contributed by atoms with Crippen molar-refractivity contribution in [3.63, 3.8) is 0 Å². The van der Waals surface area contributed by atoms with Crippen molar-refractivity contribution >= 4 is 23.4 Å². The Bertz CT molecular complexity index is 887. The van der Waals surface area contributed by atoms with Crippen LogP contribution in [0.1, 0.15) is 45.2 Å². The van der Waals surface area contributed by atoms with Crippen LogP contribution < -0.4 is 10.6 Å². The highest BCUT2D eigenvalue weighted by Gasteiger charge is 2.32. The van der Waals surface area contributed by atoms with Crippen LogP contribution in [0.25, 0.3) is 11.1 Å². The van der Waals surface area contributed by atoms with Gasteiger partial charge in [0, 0.05) is 35.6 Å². The lowest BCUT2D eigenvalue weighted by Crippen LogP contribution is -2.41. The maximum Gasteiger partial charge on any atom is 0.320 e. The second-order valence-corrected chi connectivity index (χ2v) is 9.06. The molecule has 1 fully saturated rings. The molecule has 3 heterocycles. The smallest absolute Gasteiger partial charge is 0.320 e. The van der Waals surface area contributed by atoms with Crippen molar-refractivity contribution in [3.05, 3.63) is 29.2 Å². The Morgan fingerprint density at radius 3 is 2.75 bits per heavy atom. The average molecular weight is 404 g/mol. The molecule has 0 radical (unpaired) electrons. The first-order valence-corrected chi connectivity index (χ1v) is 10.1. The highest BCUT2D eigenvalue weighted by Crippen LogP contribution is 2.39. The molecule has 1 aliphatic heterocycles. The lowest BCUT2D eigenvalue weighted by molar-refractivity contribution is 0.118. The first-order valence-electron chi connectivity index (χ1n) is 9.77. The summed E-state index contributed by atoms with van der Waals surface area (Å²) in [7, 11) is 0. The van der Waals surface area contributed by atoms with Gasteiger partial charge in [-0.05, 0) is 43.6 Å². The number of hydrogen-bond acceptors (Lipinski definition) is 4. The Labute approximate surface area is 169 Å². The molecule has 0 bridgehead atoms. The molecule has 0 aromatic carbocycles. The number of carbonyl (C=O) groups excluding carboxylic acids is 1. The minimum atomic E-state index is -0.288. The van der Waals surface area contributed by atoms with Crippen molar-refractivity contribution in [2.75, 3.05) is 5.32 Å². The number of carbonyl (C=O) groups is 1. The number of halogens is 1.